The van der Waals surface area contributed by atoms with E-state index in [9.17, 15) is 8.42 Å². The largest absolute Gasteiger partial charge is 0.243 e. The molecule has 2 saturated heterocycles. The Morgan fingerprint density at radius 3 is 2.50 bits per heavy atom. The maximum atomic E-state index is 12.9. The van der Waals surface area contributed by atoms with Crippen LogP contribution >= 0.6 is 0 Å². The van der Waals surface area contributed by atoms with E-state index >= 15 is 0 Å². The smallest absolute Gasteiger partial charge is 0.207 e. The van der Waals surface area contributed by atoms with Gasteiger partial charge in [0.25, 0.3) is 0 Å². The van der Waals surface area contributed by atoms with E-state index in [1.807, 2.05) is 24.3 Å². The van der Waals surface area contributed by atoms with Gasteiger partial charge >= 0.3 is 0 Å². The summed E-state index contributed by atoms with van der Waals surface area (Å²) in [5.74, 6) is 0.563. The predicted molar refractivity (Wildman–Crippen MR) is 81.5 cm³/mol. The van der Waals surface area contributed by atoms with Crippen LogP contribution < -0.4 is 0 Å². The molecule has 0 radical (unpaired) electrons. The lowest BCUT2D eigenvalue weighted by Crippen LogP contribution is -2.50. The fourth-order valence-electron chi connectivity index (χ4n) is 3.31. The monoisotopic (exact) mass is 291 g/mol. The SMILES string of the molecule is O=S(=O)(/C1=C/C=C\C=C/CC=C1)N1CC2CCC1CC2. The first-order valence-corrected chi connectivity index (χ1v) is 8.84. The molecule has 0 spiro atoms. The molecule has 0 aromatic rings. The molecule has 2 heterocycles. The Hall–Kier alpha value is -1.13. The van der Waals surface area contributed by atoms with E-state index in [1.54, 1.807) is 22.5 Å². The molecular formula is C16H21NO2S. The summed E-state index contributed by atoms with van der Waals surface area (Å²) < 4.78 is 27.5. The third-order valence-electron chi connectivity index (χ3n) is 4.44. The van der Waals surface area contributed by atoms with Crippen molar-refractivity contribution >= 4 is 10.0 Å². The first-order chi connectivity index (χ1) is 9.68. The van der Waals surface area contributed by atoms with Crippen LogP contribution in [-0.2, 0) is 10.0 Å². The van der Waals surface area contributed by atoms with Gasteiger partial charge in [0.05, 0.1) is 4.91 Å². The first kappa shape index (κ1) is 13.8. The van der Waals surface area contributed by atoms with E-state index in [0.29, 0.717) is 17.4 Å². The lowest BCUT2D eigenvalue weighted by Gasteiger charge is -2.44. The van der Waals surface area contributed by atoms with Gasteiger partial charge in [-0.2, -0.15) is 4.31 Å². The highest BCUT2D eigenvalue weighted by molar-refractivity contribution is 7.93. The van der Waals surface area contributed by atoms with E-state index in [4.69, 9.17) is 0 Å². The molecular weight excluding hydrogens is 270 g/mol. The van der Waals surface area contributed by atoms with Gasteiger partial charge in [-0.1, -0.05) is 30.4 Å². The average molecular weight is 291 g/mol. The van der Waals surface area contributed by atoms with Gasteiger partial charge in [0.1, 0.15) is 0 Å². The van der Waals surface area contributed by atoms with Gasteiger partial charge in [0, 0.05) is 12.6 Å². The summed E-state index contributed by atoms with van der Waals surface area (Å²) in [6.45, 7) is 0.708. The van der Waals surface area contributed by atoms with E-state index < -0.39 is 10.0 Å². The van der Waals surface area contributed by atoms with Gasteiger partial charge in [0.2, 0.25) is 10.0 Å². The molecule has 1 saturated carbocycles. The fourth-order valence-corrected chi connectivity index (χ4v) is 5.11. The summed E-state index contributed by atoms with van der Waals surface area (Å²) in [5.41, 5.74) is 0. The molecule has 2 aliphatic carbocycles. The summed E-state index contributed by atoms with van der Waals surface area (Å²) >= 11 is 0. The van der Waals surface area contributed by atoms with Crippen molar-refractivity contribution in [1.82, 2.24) is 4.31 Å². The number of fused-ring (bicyclic) bond motifs is 3. The Kier molecular flexibility index (Phi) is 3.94. The molecule has 3 nitrogen and oxygen atoms in total. The lowest BCUT2D eigenvalue weighted by molar-refractivity contribution is 0.121. The number of allylic oxidation sites excluding steroid dienone is 7. The van der Waals surface area contributed by atoms with E-state index in [1.165, 1.54) is 12.8 Å². The normalized spacial score (nSPS) is 36.5. The molecule has 20 heavy (non-hydrogen) atoms. The second kappa shape index (κ2) is 5.70. The van der Waals surface area contributed by atoms with Crippen LogP contribution in [0.4, 0.5) is 0 Å². The molecule has 2 bridgehead atoms. The zero-order valence-electron chi connectivity index (χ0n) is 11.6. The topological polar surface area (TPSA) is 37.4 Å². The van der Waals surface area contributed by atoms with E-state index in [-0.39, 0.29) is 6.04 Å². The quantitative estimate of drug-likeness (QED) is 0.784. The maximum absolute atomic E-state index is 12.9. The molecule has 3 fully saturated rings. The zero-order valence-corrected chi connectivity index (χ0v) is 12.4. The van der Waals surface area contributed by atoms with Gasteiger partial charge < -0.3 is 0 Å². The van der Waals surface area contributed by atoms with Gasteiger partial charge in [0.15, 0.2) is 0 Å². The molecule has 0 atom stereocenters. The maximum Gasteiger partial charge on any atom is 0.243 e. The van der Waals surface area contributed by atoms with E-state index in [2.05, 4.69) is 0 Å². The zero-order chi connectivity index (χ0) is 14.0. The van der Waals surface area contributed by atoms with Crippen LogP contribution in [0.15, 0.2) is 47.4 Å². The summed E-state index contributed by atoms with van der Waals surface area (Å²) in [7, 11) is -3.34. The van der Waals surface area contributed by atoms with Gasteiger partial charge in [-0.25, -0.2) is 8.42 Å². The van der Waals surface area contributed by atoms with Crippen molar-refractivity contribution in [3.63, 3.8) is 0 Å². The van der Waals surface area contributed by atoms with Crippen molar-refractivity contribution in [2.24, 2.45) is 5.92 Å². The predicted octanol–water partition coefficient (Wildman–Crippen LogP) is 3.15. The highest BCUT2D eigenvalue weighted by atomic mass is 32.2. The molecule has 4 aliphatic rings. The minimum atomic E-state index is -3.34. The van der Waals surface area contributed by atoms with Crippen molar-refractivity contribution in [1.29, 1.82) is 0 Å². The number of rotatable bonds is 2. The summed E-state index contributed by atoms with van der Waals surface area (Å²) in [6.07, 6.45) is 18.2. The van der Waals surface area contributed by atoms with Crippen LogP contribution in [-0.4, -0.2) is 25.3 Å². The molecule has 0 aromatic carbocycles. The Labute approximate surface area is 121 Å². The van der Waals surface area contributed by atoms with Crippen LogP contribution in [0.2, 0.25) is 0 Å². The van der Waals surface area contributed by atoms with Crippen LogP contribution in [0.5, 0.6) is 0 Å². The Bertz CT molecular complexity index is 576. The Balaban J connectivity index is 1.89. The van der Waals surface area contributed by atoms with Crippen molar-refractivity contribution in [3.05, 3.63) is 47.4 Å². The molecule has 108 valence electrons. The van der Waals surface area contributed by atoms with Crippen molar-refractivity contribution in [2.75, 3.05) is 6.54 Å². The van der Waals surface area contributed by atoms with Crippen LogP contribution in [0.3, 0.4) is 0 Å². The molecule has 4 rings (SSSR count). The van der Waals surface area contributed by atoms with E-state index in [0.717, 1.165) is 19.3 Å². The molecule has 4 heteroatoms. The number of hydrogen-bond donors (Lipinski definition) is 0. The second-order valence-corrected chi connectivity index (χ2v) is 7.66. The molecule has 0 unspecified atom stereocenters. The van der Waals surface area contributed by atoms with Crippen molar-refractivity contribution in [3.8, 4) is 0 Å². The van der Waals surface area contributed by atoms with Gasteiger partial charge in [-0.15, -0.1) is 0 Å². The number of hydrogen-bond acceptors (Lipinski definition) is 2. The highest BCUT2D eigenvalue weighted by Crippen LogP contribution is 2.38. The summed E-state index contributed by atoms with van der Waals surface area (Å²) in [4.78, 5) is 0.421. The Morgan fingerprint density at radius 1 is 1.00 bits per heavy atom. The number of nitrogens with zero attached hydrogens (tertiary/aromatic N) is 1. The minimum absolute atomic E-state index is 0.217. The van der Waals surface area contributed by atoms with Crippen LogP contribution in [0.25, 0.3) is 0 Å². The first-order valence-electron chi connectivity index (χ1n) is 7.40. The van der Waals surface area contributed by atoms with Crippen LogP contribution in [0.1, 0.15) is 32.1 Å². The van der Waals surface area contributed by atoms with Crippen LogP contribution in [0, 0.1) is 5.92 Å². The second-order valence-electron chi connectivity index (χ2n) is 5.77. The molecule has 0 amide bonds. The summed E-state index contributed by atoms with van der Waals surface area (Å²) in [6, 6.07) is 0.217. The van der Waals surface area contributed by atoms with Gasteiger partial charge in [-0.3, -0.25) is 0 Å². The molecule has 2 aliphatic heterocycles. The molecule has 0 N–H and O–H groups in total. The standard InChI is InChI=1S/C16H21NO2S/c18-20(19,16-7-5-3-1-2-4-6-8-16)17-13-14-9-11-15(17)12-10-14/h1-3,5-8,14-15H,4,9-13H2/b2-1-,5-3-,8-6?,16-7+. The number of sulfonamides is 1. The fraction of sp³-hybridized carbons (Fsp3) is 0.500. The molecule has 0 aromatic heterocycles. The highest BCUT2D eigenvalue weighted by Gasteiger charge is 2.40. The lowest BCUT2D eigenvalue weighted by atomic mass is 9.82. The third kappa shape index (κ3) is 2.67. The summed E-state index contributed by atoms with van der Waals surface area (Å²) in [5, 5.41) is 0. The Morgan fingerprint density at radius 2 is 1.80 bits per heavy atom. The minimum Gasteiger partial charge on any atom is -0.207 e. The third-order valence-corrected chi connectivity index (χ3v) is 6.37. The van der Waals surface area contributed by atoms with Crippen molar-refractivity contribution in [2.45, 2.75) is 38.1 Å². The van der Waals surface area contributed by atoms with Gasteiger partial charge in [-0.05, 0) is 50.2 Å². The van der Waals surface area contributed by atoms with Crippen molar-refractivity contribution < 1.29 is 8.42 Å². The average Bonchev–Trinajstić information content (AvgIpc) is 2.62. The number of piperidine rings is 2.